The van der Waals surface area contributed by atoms with Gasteiger partial charge in [0.1, 0.15) is 16.9 Å². The minimum atomic E-state index is -0.276. The van der Waals surface area contributed by atoms with Gasteiger partial charge in [0, 0.05) is 22.4 Å². The topological polar surface area (TPSA) is 75.6 Å². The molecule has 2 aromatic heterocycles. The molecule has 0 unspecified atom stereocenters. The highest BCUT2D eigenvalue weighted by Crippen LogP contribution is 2.37. The summed E-state index contributed by atoms with van der Waals surface area (Å²) in [5.41, 5.74) is 1.83. The van der Waals surface area contributed by atoms with E-state index >= 15 is 0 Å². The van der Waals surface area contributed by atoms with Gasteiger partial charge in [-0.3, -0.25) is 4.79 Å². The van der Waals surface area contributed by atoms with Crippen LogP contribution in [0.15, 0.2) is 76.1 Å². The highest BCUT2D eigenvalue weighted by atomic mass is 16.3. The van der Waals surface area contributed by atoms with E-state index in [1.165, 1.54) is 6.07 Å². The first-order chi connectivity index (χ1) is 13.1. The average Bonchev–Trinajstić information content (AvgIpc) is 2.67. The third-order valence-corrected chi connectivity index (χ3v) is 4.85. The van der Waals surface area contributed by atoms with Crippen molar-refractivity contribution in [2.24, 2.45) is 0 Å². The summed E-state index contributed by atoms with van der Waals surface area (Å²) < 4.78 is 7.55. The van der Waals surface area contributed by atoms with E-state index in [0.29, 0.717) is 28.5 Å². The van der Waals surface area contributed by atoms with Gasteiger partial charge in [-0.05, 0) is 35.9 Å². The number of rotatable bonds is 2. The zero-order chi connectivity index (χ0) is 18.5. The first-order valence-corrected chi connectivity index (χ1v) is 8.56. The molecule has 5 rings (SSSR count). The van der Waals surface area contributed by atoms with Crippen LogP contribution in [0.5, 0.6) is 11.6 Å². The molecule has 5 heteroatoms. The van der Waals surface area contributed by atoms with E-state index in [1.54, 1.807) is 35.0 Å². The van der Waals surface area contributed by atoms with Crippen molar-refractivity contribution in [2.45, 2.75) is 6.54 Å². The highest BCUT2D eigenvalue weighted by Gasteiger charge is 2.17. The van der Waals surface area contributed by atoms with Crippen LogP contribution < -0.4 is 5.43 Å². The van der Waals surface area contributed by atoms with Gasteiger partial charge in [-0.2, -0.15) is 0 Å². The molecule has 0 saturated heterocycles. The van der Waals surface area contributed by atoms with Gasteiger partial charge in [0.05, 0.1) is 11.9 Å². The Kier molecular flexibility index (Phi) is 3.24. The predicted molar refractivity (Wildman–Crippen MR) is 104 cm³/mol. The number of nitrogens with zero attached hydrogens (tertiary/aromatic N) is 1. The summed E-state index contributed by atoms with van der Waals surface area (Å²) in [6.45, 7) is 0.411. The van der Waals surface area contributed by atoms with Gasteiger partial charge in [0.25, 0.3) is 0 Å². The van der Waals surface area contributed by atoms with Crippen molar-refractivity contribution in [1.29, 1.82) is 0 Å². The van der Waals surface area contributed by atoms with Crippen LogP contribution in [0.4, 0.5) is 0 Å². The van der Waals surface area contributed by atoms with Crippen molar-refractivity contribution in [3.63, 3.8) is 0 Å². The van der Waals surface area contributed by atoms with Crippen molar-refractivity contribution < 1.29 is 14.6 Å². The SMILES string of the molecule is O=c1ccc2oc3ccc(O)cc3c3cn(Cc4ccccc4)c(O)c1c23. The van der Waals surface area contributed by atoms with Crippen molar-refractivity contribution in [3.8, 4) is 11.6 Å². The van der Waals surface area contributed by atoms with Crippen LogP contribution >= 0.6 is 0 Å². The number of hydrogen-bond acceptors (Lipinski definition) is 4. The van der Waals surface area contributed by atoms with Crippen LogP contribution in [0.1, 0.15) is 5.56 Å². The third kappa shape index (κ3) is 2.36. The van der Waals surface area contributed by atoms with Gasteiger partial charge in [0.15, 0.2) is 5.43 Å². The second-order valence-electron chi connectivity index (χ2n) is 6.57. The molecule has 5 nitrogen and oxygen atoms in total. The standard InChI is InChI=1S/C22H15NO4/c24-14-6-8-18-15(10-14)16-12-23(11-13-4-2-1-3-5-13)22(26)21-17(25)7-9-19(27-18)20(16)21/h1-10,12,24,26H,11H2. The first kappa shape index (κ1) is 15.5. The Labute approximate surface area is 153 Å². The zero-order valence-electron chi connectivity index (χ0n) is 14.2. The van der Waals surface area contributed by atoms with Crippen LogP contribution in [0.3, 0.4) is 0 Å². The van der Waals surface area contributed by atoms with Gasteiger partial charge in [-0.1, -0.05) is 30.3 Å². The molecule has 0 bridgehead atoms. The number of phenols is 1. The van der Waals surface area contributed by atoms with E-state index < -0.39 is 0 Å². The largest absolute Gasteiger partial charge is 0.508 e. The van der Waals surface area contributed by atoms with Crippen LogP contribution in [-0.4, -0.2) is 14.8 Å². The minimum absolute atomic E-state index is 0.100. The Morgan fingerprint density at radius 3 is 2.44 bits per heavy atom. The molecule has 0 saturated carbocycles. The first-order valence-electron chi connectivity index (χ1n) is 8.56. The fourth-order valence-corrected chi connectivity index (χ4v) is 3.60. The van der Waals surface area contributed by atoms with Crippen LogP contribution in [-0.2, 0) is 6.54 Å². The monoisotopic (exact) mass is 357 g/mol. The molecule has 0 radical (unpaired) electrons. The lowest BCUT2D eigenvalue weighted by Crippen LogP contribution is -2.07. The number of pyridine rings is 1. The fraction of sp³-hybridized carbons (Fsp3) is 0.0455. The van der Waals surface area contributed by atoms with Gasteiger partial charge in [0.2, 0.25) is 5.88 Å². The predicted octanol–water partition coefficient (Wildman–Crippen LogP) is 4.36. The molecule has 0 atom stereocenters. The second-order valence-corrected chi connectivity index (χ2v) is 6.57. The third-order valence-electron chi connectivity index (χ3n) is 4.85. The lowest BCUT2D eigenvalue weighted by atomic mass is 10.0. The van der Waals surface area contributed by atoms with E-state index in [2.05, 4.69) is 0 Å². The molecular weight excluding hydrogens is 342 g/mol. The Balaban J connectivity index is 1.94. The van der Waals surface area contributed by atoms with Crippen LogP contribution in [0, 0.1) is 0 Å². The minimum Gasteiger partial charge on any atom is -0.508 e. The average molecular weight is 357 g/mol. The Hall–Kier alpha value is -3.73. The maximum absolute atomic E-state index is 12.5. The molecule has 27 heavy (non-hydrogen) atoms. The maximum Gasteiger partial charge on any atom is 0.203 e. The summed E-state index contributed by atoms with van der Waals surface area (Å²) in [7, 11) is 0. The van der Waals surface area contributed by atoms with Gasteiger partial charge in [-0.15, -0.1) is 0 Å². The fourth-order valence-electron chi connectivity index (χ4n) is 3.60. The molecule has 2 N–H and O–H groups in total. The summed E-state index contributed by atoms with van der Waals surface area (Å²) >= 11 is 0. The summed E-state index contributed by atoms with van der Waals surface area (Å²) in [6, 6.07) is 17.6. The smallest absolute Gasteiger partial charge is 0.203 e. The maximum atomic E-state index is 12.5. The molecule has 0 spiro atoms. The summed E-state index contributed by atoms with van der Waals surface area (Å²) in [6.07, 6.45) is 1.80. The molecule has 5 aromatic rings. The Bertz CT molecular complexity index is 1380. The lowest BCUT2D eigenvalue weighted by molar-refractivity contribution is 0.426. The number of hydrogen-bond donors (Lipinski definition) is 2. The van der Waals surface area contributed by atoms with Crippen molar-refractivity contribution in [1.82, 2.24) is 4.57 Å². The van der Waals surface area contributed by atoms with E-state index in [0.717, 1.165) is 10.9 Å². The number of aromatic hydroxyl groups is 2. The lowest BCUT2D eigenvalue weighted by Gasteiger charge is -2.16. The quantitative estimate of drug-likeness (QED) is 0.364. The Morgan fingerprint density at radius 2 is 1.63 bits per heavy atom. The summed E-state index contributed by atoms with van der Waals surface area (Å²) in [4.78, 5) is 12.5. The molecule has 0 aliphatic carbocycles. The number of aromatic nitrogens is 1. The molecule has 0 amide bonds. The molecular formula is C22H15NO4. The Morgan fingerprint density at radius 1 is 0.852 bits per heavy atom. The number of fused-ring (bicyclic) bond motifs is 2. The molecule has 0 aliphatic heterocycles. The zero-order valence-corrected chi connectivity index (χ0v) is 14.2. The van der Waals surface area contributed by atoms with E-state index in [4.69, 9.17) is 4.42 Å². The van der Waals surface area contributed by atoms with Crippen LogP contribution in [0.25, 0.3) is 32.7 Å². The molecule has 132 valence electrons. The molecule has 0 fully saturated rings. The van der Waals surface area contributed by atoms with Gasteiger partial charge < -0.3 is 19.2 Å². The number of benzene rings is 3. The second kappa shape index (κ2) is 5.64. The normalized spacial score (nSPS) is 11.6. The van der Waals surface area contributed by atoms with Gasteiger partial charge in [-0.25, -0.2) is 0 Å². The summed E-state index contributed by atoms with van der Waals surface area (Å²) in [5, 5.41) is 22.9. The molecule has 0 aliphatic rings. The van der Waals surface area contributed by atoms with Crippen molar-refractivity contribution in [2.75, 3.05) is 0 Å². The van der Waals surface area contributed by atoms with Crippen LogP contribution in [0.2, 0.25) is 0 Å². The highest BCUT2D eigenvalue weighted by molar-refractivity contribution is 6.18. The molecule has 3 aromatic carbocycles. The summed E-state index contributed by atoms with van der Waals surface area (Å²) in [5.74, 6) is 0.00608. The van der Waals surface area contributed by atoms with Gasteiger partial charge >= 0.3 is 0 Å². The van der Waals surface area contributed by atoms with E-state index in [1.807, 2.05) is 30.3 Å². The van der Waals surface area contributed by atoms with Crippen molar-refractivity contribution in [3.05, 3.63) is 82.6 Å². The number of phenolic OH excluding ortho intramolecular Hbond substituents is 1. The molecule has 2 heterocycles. The van der Waals surface area contributed by atoms with E-state index in [9.17, 15) is 15.0 Å². The van der Waals surface area contributed by atoms with E-state index in [-0.39, 0.29) is 22.4 Å². The van der Waals surface area contributed by atoms with Crippen molar-refractivity contribution >= 4 is 32.7 Å².